The van der Waals surface area contributed by atoms with Gasteiger partial charge in [0.25, 0.3) is 0 Å². The van der Waals surface area contributed by atoms with Crippen molar-refractivity contribution in [1.29, 1.82) is 0 Å². The lowest BCUT2D eigenvalue weighted by molar-refractivity contribution is 0.0626. The van der Waals surface area contributed by atoms with Gasteiger partial charge in [0.15, 0.2) is 0 Å². The van der Waals surface area contributed by atoms with Crippen LogP contribution in [0.5, 0.6) is 0 Å². The van der Waals surface area contributed by atoms with E-state index in [1.54, 1.807) is 6.07 Å². The predicted molar refractivity (Wildman–Crippen MR) is 82.0 cm³/mol. The zero-order chi connectivity index (χ0) is 14.6. The molecule has 1 aliphatic rings. The van der Waals surface area contributed by atoms with Gasteiger partial charge in [-0.1, -0.05) is 12.8 Å². The summed E-state index contributed by atoms with van der Waals surface area (Å²) in [5.74, 6) is 0. The van der Waals surface area contributed by atoms with Crippen LogP contribution in [-0.2, 0) is 14.8 Å². The Morgan fingerprint density at radius 3 is 2.70 bits per heavy atom. The van der Waals surface area contributed by atoms with Crippen LogP contribution in [0.3, 0.4) is 0 Å². The van der Waals surface area contributed by atoms with Crippen LogP contribution in [0.25, 0.3) is 0 Å². The summed E-state index contributed by atoms with van der Waals surface area (Å²) in [6.45, 7) is 0.681. The Labute approximate surface area is 128 Å². The van der Waals surface area contributed by atoms with Crippen molar-refractivity contribution in [2.24, 2.45) is 0 Å². The Hall–Kier alpha value is -0.630. The maximum Gasteiger partial charge on any atom is 0.240 e. The van der Waals surface area contributed by atoms with Gasteiger partial charge in [0.05, 0.1) is 17.6 Å². The van der Waals surface area contributed by atoms with Gasteiger partial charge in [-0.25, -0.2) is 13.1 Å². The first kappa shape index (κ1) is 15.8. The molecular weight excluding hydrogens is 344 g/mol. The summed E-state index contributed by atoms with van der Waals surface area (Å²) < 4.78 is 32.9. The predicted octanol–water partition coefficient (Wildman–Crippen LogP) is 2.27. The molecule has 0 amide bonds. The van der Waals surface area contributed by atoms with E-state index in [9.17, 15) is 8.42 Å². The van der Waals surface area contributed by atoms with Crippen molar-refractivity contribution in [2.75, 3.05) is 18.9 Å². The number of ether oxygens (including phenoxy) is 1. The van der Waals surface area contributed by atoms with E-state index in [4.69, 9.17) is 10.5 Å². The molecule has 0 bridgehead atoms. The summed E-state index contributed by atoms with van der Waals surface area (Å²) in [4.78, 5) is 0.194. The molecule has 1 aliphatic carbocycles. The van der Waals surface area contributed by atoms with Crippen LogP contribution in [0.15, 0.2) is 27.6 Å². The van der Waals surface area contributed by atoms with E-state index in [1.807, 2.05) is 0 Å². The fourth-order valence-electron chi connectivity index (χ4n) is 2.21. The second-order valence-corrected chi connectivity index (χ2v) is 7.48. The summed E-state index contributed by atoms with van der Waals surface area (Å²) in [6.07, 6.45) is 4.87. The number of rotatable bonds is 6. The summed E-state index contributed by atoms with van der Waals surface area (Å²) in [5.41, 5.74) is 6.15. The molecular formula is C13H19BrN2O3S. The van der Waals surface area contributed by atoms with Crippen LogP contribution in [-0.4, -0.2) is 27.7 Å². The highest BCUT2D eigenvalue weighted by atomic mass is 79.9. The molecule has 1 aromatic carbocycles. The molecule has 7 heteroatoms. The smallest absolute Gasteiger partial charge is 0.240 e. The lowest BCUT2D eigenvalue weighted by atomic mass is 10.3. The number of benzene rings is 1. The molecule has 0 aromatic heterocycles. The summed E-state index contributed by atoms with van der Waals surface area (Å²) >= 11 is 3.22. The monoisotopic (exact) mass is 362 g/mol. The Kier molecular flexibility index (Phi) is 5.42. The molecule has 1 fully saturated rings. The highest BCUT2D eigenvalue weighted by molar-refractivity contribution is 9.10. The van der Waals surface area contributed by atoms with Crippen LogP contribution in [0.4, 0.5) is 5.69 Å². The van der Waals surface area contributed by atoms with Crippen LogP contribution < -0.4 is 10.5 Å². The van der Waals surface area contributed by atoms with E-state index in [1.165, 1.54) is 25.0 Å². The highest BCUT2D eigenvalue weighted by Gasteiger charge is 2.17. The third kappa shape index (κ3) is 4.18. The zero-order valence-electron chi connectivity index (χ0n) is 11.1. The molecule has 2 rings (SSSR count). The quantitative estimate of drug-likeness (QED) is 0.600. The molecule has 0 spiro atoms. The van der Waals surface area contributed by atoms with E-state index in [0.29, 0.717) is 22.9 Å². The van der Waals surface area contributed by atoms with Gasteiger partial charge >= 0.3 is 0 Å². The van der Waals surface area contributed by atoms with E-state index in [-0.39, 0.29) is 11.4 Å². The van der Waals surface area contributed by atoms with Gasteiger partial charge in [-0.15, -0.1) is 0 Å². The van der Waals surface area contributed by atoms with Crippen LogP contribution >= 0.6 is 15.9 Å². The second kappa shape index (κ2) is 6.89. The lowest BCUT2D eigenvalue weighted by Crippen LogP contribution is -2.28. The topological polar surface area (TPSA) is 81.4 Å². The molecule has 0 aliphatic heterocycles. The minimum atomic E-state index is -3.51. The Balaban J connectivity index is 1.85. The van der Waals surface area contributed by atoms with Crippen LogP contribution in [0, 0.1) is 0 Å². The summed E-state index contributed by atoms with van der Waals surface area (Å²) in [7, 11) is -3.51. The number of halogens is 1. The number of nitrogens with one attached hydrogen (secondary N) is 1. The van der Waals surface area contributed by atoms with Crippen molar-refractivity contribution in [3.05, 3.63) is 22.7 Å². The maximum absolute atomic E-state index is 12.1. The fraction of sp³-hybridized carbons (Fsp3) is 0.538. The molecule has 1 saturated carbocycles. The average molecular weight is 363 g/mol. The fourth-order valence-corrected chi connectivity index (χ4v) is 3.78. The first-order valence-electron chi connectivity index (χ1n) is 6.65. The van der Waals surface area contributed by atoms with E-state index >= 15 is 0 Å². The third-order valence-electron chi connectivity index (χ3n) is 3.33. The normalized spacial score (nSPS) is 16.6. The standard InChI is InChI=1S/C13H19BrN2O3S/c14-12-9-11(5-6-13(12)15)20(17,18)16-7-8-19-10-3-1-2-4-10/h5-6,9-10,16H,1-4,7-8,15H2. The average Bonchev–Trinajstić information content (AvgIpc) is 2.91. The van der Waals surface area contributed by atoms with Gasteiger partial charge in [0.1, 0.15) is 0 Å². The number of anilines is 1. The number of hydrogen-bond donors (Lipinski definition) is 2. The first-order valence-corrected chi connectivity index (χ1v) is 8.93. The number of nitrogens with two attached hydrogens (primary N) is 1. The van der Waals surface area contributed by atoms with Crippen molar-refractivity contribution in [2.45, 2.75) is 36.7 Å². The first-order chi connectivity index (χ1) is 9.49. The Bertz CT molecular complexity index is 557. The molecule has 3 N–H and O–H groups in total. The van der Waals surface area contributed by atoms with Crippen LogP contribution in [0.2, 0.25) is 0 Å². The maximum atomic E-state index is 12.1. The van der Waals surface area contributed by atoms with Crippen molar-refractivity contribution in [1.82, 2.24) is 4.72 Å². The molecule has 5 nitrogen and oxygen atoms in total. The van der Waals surface area contributed by atoms with Gasteiger partial charge in [-0.2, -0.15) is 0 Å². The summed E-state index contributed by atoms with van der Waals surface area (Å²) in [5, 5.41) is 0. The Morgan fingerprint density at radius 2 is 2.05 bits per heavy atom. The lowest BCUT2D eigenvalue weighted by Gasteiger charge is -2.12. The van der Waals surface area contributed by atoms with Gasteiger partial charge < -0.3 is 10.5 Å². The number of hydrogen-bond acceptors (Lipinski definition) is 4. The molecule has 0 atom stereocenters. The van der Waals surface area contributed by atoms with Gasteiger partial charge in [0.2, 0.25) is 10.0 Å². The SMILES string of the molecule is Nc1ccc(S(=O)(=O)NCCOC2CCCC2)cc1Br. The minimum absolute atomic E-state index is 0.194. The molecule has 20 heavy (non-hydrogen) atoms. The van der Waals surface area contributed by atoms with Crippen molar-refractivity contribution < 1.29 is 13.2 Å². The molecule has 0 radical (unpaired) electrons. The largest absolute Gasteiger partial charge is 0.398 e. The molecule has 0 heterocycles. The van der Waals surface area contributed by atoms with Gasteiger partial charge in [-0.05, 0) is 47.0 Å². The van der Waals surface area contributed by atoms with Gasteiger partial charge in [0, 0.05) is 16.7 Å². The van der Waals surface area contributed by atoms with Gasteiger partial charge in [-0.3, -0.25) is 0 Å². The van der Waals surface area contributed by atoms with Crippen molar-refractivity contribution in [3.63, 3.8) is 0 Å². The third-order valence-corrected chi connectivity index (χ3v) is 5.48. The van der Waals surface area contributed by atoms with Crippen molar-refractivity contribution >= 4 is 31.6 Å². The molecule has 0 unspecified atom stereocenters. The van der Waals surface area contributed by atoms with Crippen LogP contribution in [0.1, 0.15) is 25.7 Å². The Morgan fingerprint density at radius 1 is 1.35 bits per heavy atom. The number of sulfonamides is 1. The van der Waals surface area contributed by atoms with Crippen molar-refractivity contribution in [3.8, 4) is 0 Å². The van der Waals surface area contributed by atoms with E-state index in [0.717, 1.165) is 12.8 Å². The second-order valence-electron chi connectivity index (χ2n) is 4.86. The molecule has 1 aromatic rings. The summed E-state index contributed by atoms with van der Waals surface area (Å²) in [6, 6.07) is 4.55. The zero-order valence-corrected chi connectivity index (χ0v) is 13.5. The molecule has 112 valence electrons. The van der Waals surface area contributed by atoms with E-state index < -0.39 is 10.0 Å². The molecule has 0 saturated heterocycles. The van der Waals surface area contributed by atoms with E-state index in [2.05, 4.69) is 20.7 Å². The minimum Gasteiger partial charge on any atom is -0.398 e. The highest BCUT2D eigenvalue weighted by Crippen LogP contribution is 2.23. The number of nitrogen functional groups attached to an aromatic ring is 1.